The van der Waals surface area contributed by atoms with Crippen molar-refractivity contribution in [1.82, 2.24) is 0 Å². The molecule has 0 aromatic heterocycles. The van der Waals surface area contributed by atoms with Crippen LogP contribution in [0.1, 0.15) is 33.3 Å². The van der Waals surface area contributed by atoms with Gasteiger partial charge in [-0.15, -0.1) is 0 Å². The van der Waals surface area contributed by atoms with Gasteiger partial charge in [0.25, 0.3) is 0 Å². The van der Waals surface area contributed by atoms with E-state index in [1.54, 1.807) is 7.11 Å². The molecule has 0 bridgehead atoms. The van der Waals surface area contributed by atoms with Crippen molar-refractivity contribution in [2.45, 2.75) is 33.3 Å². The van der Waals surface area contributed by atoms with Crippen LogP contribution in [-0.4, -0.2) is 24.6 Å². The van der Waals surface area contributed by atoms with E-state index in [0.717, 1.165) is 22.5 Å². The minimum atomic E-state index is -0.770. The van der Waals surface area contributed by atoms with Crippen molar-refractivity contribution in [2.24, 2.45) is 5.41 Å². The van der Waals surface area contributed by atoms with E-state index in [9.17, 15) is 9.59 Å². The zero-order valence-electron chi connectivity index (χ0n) is 14.3. The highest BCUT2D eigenvalue weighted by Crippen LogP contribution is 2.61. The number of rotatable bonds is 1. The fraction of sp³-hybridized carbons (Fsp3) is 0.368. The Morgan fingerprint density at radius 3 is 2.42 bits per heavy atom. The molecule has 0 saturated carbocycles. The number of methoxy groups -OCH3 is 1. The van der Waals surface area contributed by atoms with Crippen LogP contribution in [0.3, 0.4) is 0 Å². The van der Waals surface area contributed by atoms with E-state index >= 15 is 0 Å². The van der Waals surface area contributed by atoms with Crippen LogP contribution in [0, 0.1) is 5.41 Å². The molecule has 5 nitrogen and oxygen atoms in total. The molecule has 4 rings (SSSR count). The first kappa shape index (κ1) is 15.0. The summed E-state index contributed by atoms with van der Waals surface area (Å²) < 4.78 is 16.5. The van der Waals surface area contributed by atoms with Gasteiger partial charge < -0.3 is 14.2 Å². The third kappa shape index (κ3) is 1.50. The summed E-state index contributed by atoms with van der Waals surface area (Å²) in [5.41, 5.74) is 1.82. The van der Waals surface area contributed by atoms with Crippen LogP contribution in [0.25, 0.3) is 5.57 Å². The van der Waals surface area contributed by atoms with Crippen LogP contribution in [0.4, 0.5) is 0 Å². The molecule has 1 atom stereocenters. The molecule has 1 aromatic carbocycles. The minimum absolute atomic E-state index is 0.372. The molecule has 1 aromatic rings. The first-order valence-electron chi connectivity index (χ1n) is 7.83. The highest BCUT2D eigenvalue weighted by Gasteiger charge is 2.61. The highest BCUT2D eigenvalue weighted by atomic mass is 16.6. The molecule has 124 valence electrons. The zero-order valence-corrected chi connectivity index (χ0v) is 14.3. The van der Waals surface area contributed by atoms with Gasteiger partial charge in [-0.1, -0.05) is 13.8 Å². The van der Waals surface area contributed by atoms with E-state index < -0.39 is 23.0 Å². The SMILES string of the molecule is COc1ccc2c(c1)C1=C(C)C3=C(C(=O)OC3=O)C(C)(C)[C@]1(C)O2. The van der Waals surface area contributed by atoms with Crippen LogP contribution in [0.2, 0.25) is 0 Å². The van der Waals surface area contributed by atoms with Crippen molar-refractivity contribution in [2.75, 3.05) is 7.11 Å². The molecule has 24 heavy (non-hydrogen) atoms. The molecule has 0 unspecified atom stereocenters. The summed E-state index contributed by atoms with van der Waals surface area (Å²) in [4.78, 5) is 24.5. The van der Waals surface area contributed by atoms with Gasteiger partial charge in [-0.2, -0.15) is 0 Å². The molecule has 1 aliphatic carbocycles. The second kappa shape index (κ2) is 4.29. The van der Waals surface area contributed by atoms with Crippen LogP contribution in [0.5, 0.6) is 11.5 Å². The van der Waals surface area contributed by atoms with Crippen LogP contribution in [0.15, 0.2) is 34.9 Å². The van der Waals surface area contributed by atoms with Gasteiger partial charge in [-0.05, 0) is 37.6 Å². The van der Waals surface area contributed by atoms with Gasteiger partial charge in [0.2, 0.25) is 0 Å². The Hall–Kier alpha value is -2.56. The Labute approximate surface area is 139 Å². The molecule has 0 N–H and O–H groups in total. The topological polar surface area (TPSA) is 61.8 Å². The minimum Gasteiger partial charge on any atom is -0.497 e. The number of esters is 2. The Bertz CT molecular complexity index is 887. The average molecular weight is 326 g/mol. The Balaban J connectivity index is 2.07. The van der Waals surface area contributed by atoms with Crippen molar-refractivity contribution < 1.29 is 23.8 Å². The van der Waals surface area contributed by atoms with Crippen LogP contribution in [-0.2, 0) is 14.3 Å². The maximum absolute atomic E-state index is 12.3. The van der Waals surface area contributed by atoms with Gasteiger partial charge >= 0.3 is 11.9 Å². The molecule has 0 spiro atoms. The summed E-state index contributed by atoms with van der Waals surface area (Å²) in [6, 6.07) is 5.60. The zero-order chi connectivity index (χ0) is 17.4. The lowest BCUT2D eigenvalue weighted by Crippen LogP contribution is -2.50. The van der Waals surface area contributed by atoms with E-state index in [1.165, 1.54) is 0 Å². The van der Waals surface area contributed by atoms with E-state index in [-0.39, 0.29) is 0 Å². The number of benzene rings is 1. The summed E-state index contributed by atoms with van der Waals surface area (Å²) >= 11 is 0. The highest BCUT2D eigenvalue weighted by molar-refractivity contribution is 6.18. The predicted molar refractivity (Wildman–Crippen MR) is 86.5 cm³/mol. The fourth-order valence-corrected chi connectivity index (χ4v) is 4.11. The third-order valence-electron chi connectivity index (χ3n) is 5.66. The Morgan fingerprint density at radius 2 is 1.75 bits per heavy atom. The van der Waals surface area contributed by atoms with E-state index in [0.29, 0.717) is 16.9 Å². The maximum Gasteiger partial charge on any atom is 0.346 e. The number of cyclic esters (lactones) is 2. The lowest BCUT2D eigenvalue weighted by Gasteiger charge is -2.44. The quantitative estimate of drug-likeness (QED) is 0.586. The number of ether oxygens (including phenoxy) is 3. The monoisotopic (exact) mass is 326 g/mol. The molecule has 0 fully saturated rings. The summed E-state index contributed by atoms with van der Waals surface area (Å²) in [5, 5.41) is 0. The van der Waals surface area contributed by atoms with E-state index in [1.807, 2.05) is 45.9 Å². The normalized spacial score (nSPS) is 26.7. The Morgan fingerprint density at radius 1 is 1.04 bits per heavy atom. The maximum atomic E-state index is 12.3. The second-order valence-electron chi connectivity index (χ2n) is 7.05. The first-order valence-corrected chi connectivity index (χ1v) is 7.83. The largest absolute Gasteiger partial charge is 0.497 e. The van der Waals surface area contributed by atoms with Gasteiger partial charge in [0, 0.05) is 16.6 Å². The van der Waals surface area contributed by atoms with E-state index in [2.05, 4.69) is 0 Å². The third-order valence-corrected chi connectivity index (χ3v) is 5.66. The molecule has 0 amide bonds. The smallest absolute Gasteiger partial charge is 0.346 e. The van der Waals surface area contributed by atoms with Crippen molar-refractivity contribution >= 4 is 17.5 Å². The van der Waals surface area contributed by atoms with Gasteiger partial charge in [0.15, 0.2) is 0 Å². The van der Waals surface area contributed by atoms with Gasteiger partial charge in [-0.3, -0.25) is 0 Å². The molecule has 2 aliphatic heterocycles. The number of hydrogen-bond acceptors (Lipinski definition) is 5. The van der Waals surface area contributed by atoms with Crippen LogP contribution < -0.4 is 9.47 Å². The summed E-state index contributed by atoms with van der Waals surface area (Å²) in [7, 11) is 1.61. The molecular formula is C19H18O5. The standard InChI is InChI=1S/C19H18O5/c1-9-13-15(17(21)23-16(13)20)18(2,3)19(4)14(9)11-8-10(22-5)6-7-12(11)24-19/h6-8H,1-5H3/t19-/m1/s1. The van der Waals surface area contributed by atoms with Crippen LogP contribution >= 0.6 is 0 Å². The number of fused-ring (bicyclic) bond motifs is 3. The summed E-state index contributed by atoms with van der Waals surface area (Å²) in [6.45, 7) is 7.63. The predicted octanol–water partition coefficient (Wildman–Crippen LogP) is 3.04. The fourth-order valence-electron chi connectivity index (χ4n) is 4.11. The van der Waals surface area contributed by atoms with Gasteiger partial charge in [-0.25, -0.2) is 9.59 Å². The summed E-state index contributed by atoms with van der Waals surface area (Å²) in [6.07, 6.45) is 0. The summed E-state index contributed by atoms with van der Waals surface area (Å²) in [5.74, 6) is 0.288. The molecule has 3 aliphatic rings. The number of carbonyl (C=O) groups is 2. The van der Waals surface area contributed by atoms with Crippen molar-refractivity contribution in [3.63, 3.8) is 0 Å². The Kier molecular flexibility index (Phi) is 2.68. The average Bonchev–Trinajstić information content (AvgIpc) is 2.99. The van der Waals surface area contributed by atoms with Crippen molar-refractivity contribution in [1.29, 1.82) is 0 Å². The molecule has 5 heteroatoms. The second-order valence-corrected chi connectivity index (χ2v) is 7.05. The molecule has 0 radical (unpaired) electrons. The number of carbonyl (C=O) groups excluding carboxylic acids is 2. The number of hydrogen-bond donors (Lipinski definition) is 0. The van der Waals surface area contributed by atoms with Crippen molar-refractivity contribution in [3.8, 4) is 11.5 Å². The van der Waals surface area contributed by atoms with Gasteiger partial charge in [0.1, 0.15) is 17.1 Å². The van der Waals surface area contributed by atoms with Gasteiger partial charge in [0.05, 0.1) is 18.3 Å². The molecular weight excluding hydrogens is 308 g/mol. The lowest BCUT2D eigenvalue weighted by atomic mass is 9.61. The lowest BCUT2D eigenvalue weighted by molar-refractivity contribution is -0.151. The van der Waals surface area contributed by atoms with Crippen molar-refractivity contribution in [3.05, 3.63) is 40.5 Å². The molecule has 0 saturated heterocycles. The van der Waals surface area contributed by atoms with E-state index in [4.69, 9.17) is 14.2 Å². The first-order chi connectivity index (χ1) is 11.2. The molecule has 2 heterocycles.